The average molecular weight is 311 g/mol. The second kappa shape index (κ2) is 5.68. The summed E-state index contributed by atoms with van der Waals surface area (Å²) in [5.74, 6) is 0.976. The van der Waals surface area contributed by atoms with Crippen LogP contribution in [0.1, 0.15) is 49.7 Å². The van der Waals surface area contributed by atoms with Crippen LogP contribution in [0.2, 0.25) is 0 Å². The standard InChI is InChI=1S/C19H22FN3/c1-12(2)19-21-17-9-10-23(15-7-8-15)11-16(17)18(22-19)13-3-5-14(20)6-4-13/h3-6,12,15H,7-11H2,1-2H3. The van der Waals surface area contributed by atoms with Crippen LogP contribution in [0.3, 0.4) is 0 Å². The largest absolute Gasteiger partial charge is 0.296 e. The van der Waals surface area contributed by atoms with Gasteiger partial charge in [-0.2, -0.15) is 0 Å². The number of aromatic nitrogens is 2. The molecular formula is C19H22FN3. The zero-order chi connectivity index (χ0) is 16.0. The minimum absolute atomic E-state index is 0.208. The van der Waals surface area contributed by atoms with Gasteiger partial charge in [0.2, 0.25) is 0 Å². The first-order chi connectivity index (χ1) is 11.1. The van der Waals surface area contributed by atoms with Crippen LogP contribution < -0.4 is 0 Å². The Kier molecular flexibility index (Phi) is 3.64. The van der Waals surface area contributed by atoms with Crippen LogP contribution >= 0.6 is 0 Å². The van der Waals surface area contributed by atoms with E-state index >= 15 is 0 Å². The van der Waals surface area contributed by atoms with Gasteiger partial charge in [0.25, 0.3) is 0 Å². The molecule has 4 rings (SSSR count). The minimum atomic E-state index is -0.208. The second-order valence-electron chi connectivity index (χ2n) is 6.97. The summed E-state index contributed by atoms with van der Waals surface area (Å²) in [6.07, 6.45) is 3.61. The lowest BCUT2D eigenvalue weighted by molar-refractivity contribution is 0.241. The summed E-state index contributed by atoms with van der Waals surface area (Å²) in [6.45, 7) is 6.26. The third-order valence-corrected chi connectivity index (χ3v) is 4.80. The Hall–Kier alpha value is -1.81. The number of hydrogen-bond acceptors (Lipinski definition) is 3. The highest BCUT2D eigenvalue weighted by Crippen LogP contribution is 2.35. The third-order valence-electron chi connectivity index (χ3n) is 4.80. The Morgan fingerprint density at radius 3 is 2.52 bits per heavy atom. The second-order valence-corrected chi connectivity index (χ2v) is 6.97. The van der Waals surface area contributed by atoms with Gasteiger partial charge in [0.15, 0.2) is 0 Å². The lowest BCUT2D eigenvalue weighted by Gasteiger charge is -2.30. The Morgan fingerprint density at radius 2 is 1.87 bits per heavy atom. The molecule has 120 valence electrons. The zero-order valence-electron chi connectivity index (χ0n) is 13.7. The lowest BCUT2D eigenvalue weighted by Crippen LogP contribution is -2.33. The molecule has 0 spiro atoms. The average Bonchev–Trinajstić information content (AvgIpc) is 3.39. The predicted molar refractivity (Wildman–Crippen MR) is 88.7 cm³/mol. The van der Waals surface area contributed by atoms with Gasteiger partial charge in [-0.15, -0.1) is 0 Å². The van der Waals surface area contributed by atoms with E-state index in [0.717, 1.165) is 42.6 Å². The highest BCUT2D eigenvalue weighted by atomic mass is 19.1. The number of rotatable bonds is 3. The zero-order valence-corrected chi connectivity index (χ0v) is 13.7. The van der Waals surface area contributed by atoms with Crippen LogP contribution in [0.5, 0.6) is 0 Å². The van der Waals surface area contributed by atoms with Gasteiger partial charge in [0, 0.05) is 42.6 Å². The number of fused-ring (bicyclic) bond motifs is 1. The van der Waals surface area contributed by atoms with Crippen LogP contribution in [-0.4, -0.2) is 27.5 Å². The van der Waals surface area contributed by atoms with Crippen molar-refractivity contribution in [1.29, 1.82) is 0 Å². The van der Waals surface area contributed by atoms with Crippen LogP contribution in [0.15, 0.2) is 24.3 Å². The third kappa shape index (κ3) is 2.88. The fourth-order valence-electron chi connectivity index (χ4n) is 3.31. The van der Waals surface area contributed by atoms with Gasteiger partial charge >= 0.3 is 0 Å². The van der Waals surface area contributed by atoms with E-state index in [1.54, 1.807) is 0 Å². The quantitative estimate of drug-likeness (QED) is 0.860. The molecule has 1 aliphatic carbocycles. The fraction of sp³-hybridized carbons (Fsp3) is 0.474. The van der Waals surface area contributed by atoms with Gasteiger partial charge in [-0.1, -0.05) is 13.8 Å². The van der Waals surface area contributed by atoms with Crippen LogP contribution in [0, 0.1) is 5.82 Å². The van der Waals surface area contributed by atoms with E-state index in [1.807, 2.05) is 12.1 Å². The van der Waals surface area contributed by atoms with Gasteiger partial charge < -0.3 is 0 Å². The van der Waals surface area contributed by atoms with Crippen molar-refractivity contribution in [2.24, 2.45) is 0 Å². The van der Waals surface area contributed by atoms with Crippen molar-refractivity contribution < 1.29 is 4.39 Å². The summed E-state index contributed by atoms with van der Waals surface area (Å²) in [6, 6.07) is 7.44. The van der Waals surface area contributed by atoms with Crippen LogP contribution in [0.25, 0.3) is 11.3 Å². The molecule has 2 heterocycles. The van der Waals surface area contributed by atoms with E-state index in [9.17, 15) is 4.39 Å². The molecule has 0 radical (unpaired) electrons. The van der Waals surface area contributed by atoms with Crippen molar-refractivity contribution in [2.45, 2.75) is 51.6 Å². The summed E-state index contributed by atoms with van der Waals surface area (Å²) in [7, 11) is 0. The molecule has 1 fully saturated rings. The molecule has 23 heavy (non-hydrogen) atoms. The normalized spacial score (nSPS) is 18.3. The SMILES string of the molecule is CC(C)c1nc2c(c(-c3ccc(F)cc3)n1)CN(C1CC1)CC2. The summed E-state index contributed by atoms with van der Waals surface area (Å²) in [4.78, 5) is 12.2. The van der Waals surface area contributed by atoms with Gasteiger partial charge in [0.1, 0.15) is 11.6 Å². The molecule has 0 unspecified atom stereocenters. The maximum absolute atomic E-state index is 13.3. The Bertz CT molecular complexity index is 720. The van der Waals surface area contributed by atoms with E-state index < -0.39 is 0 Å². The number of halogens is 1. The first kappa shape index (κ1) is 14.8. The molecule has 0 saturated heterocycles. The van der Waals surface area contributed by atoms with Crippen molar-refractivity contribution in [1.82, 2.24) is 14.9 Å². The van der Waals surface area contributed by atoms with E-state index in [1.165, 1.54) is 36.2 Å². The first-order valence-electron chi connectivity index (χ1n) is 8.51. The van der Waals surface area contributed by atoms with Crippen molar-refractivity contribution >= 4 is 0 Å². The molecule has 0 amide bonds. The molecule has 1 aromatic carbocycles. The Labute approximate surface area is 136 Å². The molecule has 4 heteroatoms. The van der Waals surface area contributed by atoms with E-state index in [4.69, 9.17) is 9.97 Å². The molecule has 3 nitrogen and oxygen atoms in total. The molecule has 0 N–H and O–H groups in total. The maximum Gasteiger partial charge on any atom is 0.131 e. The van der Waals surface area contributed by atoms with E-state index in [0.29, 0.717) is 5.92 Å². The van der Waals surface area contributed by atoms with Gasteiger partial charge in [-0.05, 0) is 37.1 Å². The van der Waals surface area contributed by atoms with Crippen molar-refractivity contribution in [3.05, 3.63) is 47.2 Å². The van der Waals surface area contributed by atoms with Crippen LogP contribution in [-0.2, 0) is 13.0 Å². The molecule has 2 aromatic rings. The number of hydrogen-bond donors (Lipinski definition) is 0. The van der Waals surface area contributed by atoms with Crippen molar-refractivity contribution in [3.8, 4) is 11.3 Å². The van der Waals surface area contributed by atoms with Crippen LogP contribution in [0.4, 0.5) is 4.39 Å². The van der Waals surface area contributed by atoms with Crippen molar-refractivity contribution in [3.63, 3.8) is 0 Å². The minimum Gasteiger partial charge on any atom is -0.296 e. The molecular weight excluding hydrogens is 289 g/mol. The summed E-state index contributed by atoms with van der Waals surface area (Å²) in [5.41, 5.74) is 4.40. The molecule has 0 atom stereocenters. The van der Waals surface area contributed by atoms with Gasteiger partial charge in [-0.3, -0.25) is 4.90 Å². The molecule has 1 saturated carbocycles. The smallest absolute Gasteiger partial charge is 0.131 e. The van der Waals surface area contributed by atoms with Gasteiger partial charge in [0.05, 0.1) is 11.4 Å². The Balaban J connectivity index is 1.81. The first-order valence-corrected chi connectivity index (χ1v) is 8.51. The molecule has 0 bridgehead atoms. The maximum atomic E-state index is 13.3. The fourth-order valence-corrected chi connectivity index (χ4v) is 3.31. The topological polar surface area (TPSA) is 29.0 Å². The molecule has 1 aliphatic heterocycles. The molecule has 2 aliphatic rings. The molecule has 1 aromatic heterocycles. The summed E-state index contributed by atoms with van der Waals surface area (Å²) in [5, 5.41) is 0. The highest BCUT2D eigenvalue weighted by molar-refractivity contribution is 5.64. The monoisotopic (exact) mass is 311 g/mol. The van der Waals surface area contributed by atoms with Gasteiger partial charge in [-0.25, -0.2) is 14.4 Å². The predicted octanol–water partition coefficient (Wildman–Crippen LogP) is 3.93. The summed E-state index contributed by atoms with van der Waals surface area (Å²) < 4.78 is 13.3. The summed E-state index contributed by atoms with van der Waals surface area (Å²) >= 11 is 0. The number of nitrogens with zero attached hydrogens (tertiary/aromatic N) is 3. The Morgan fingerprint density at radius 1 is 1.13 bits per heavy atom. The van der Waals surface area contributed by atoms with E-state index in [-0.39, 0.29) is 5.82 Å². The highest BCUT2D eigenvalue weighted by Gasteiger charge is 2.33. The lowest BCUT2D eigenvalue weighted by atomic mass is 9.98. The van der Waals surface area contributed by atoms with Crippen molar-refractivity contribution in [2.75, 3.05) is 6.54 Å². The van der Waals surface area contributed by atoms with E-state index in [2.05, 4.69) is 18.7 Å². The number of benzene rings is 1.